The zero-order valence-corrected chi connectivity index (χ0v) is 22.2. The minimum Gasteiger partial charge on any atom is -0.496 e. The molecule has 1 aliphatic heterocycles. The number of carbonyl (C=O) groups excluding carboxylic acids is 1. The number of methoxy groups -OCH3 is 2. The van der Waals surface area contributed by atoms with E-state index >= 15 is 0 Å². The van der Waals surface area contributed by atoms with Crippen LogP contribution in [0.2, 0.25) is 10.0 Å². The molecule has 196 valence electrons. The van der Waals surface area contributed by atoms with Gasteiger partial charge in [-0.1, -0.05) is 47.5 Å². The van der Waals surface area contributed by atoms with Gasteiger partial charge < -0.3 is 14.2 Å². The highest BCUT2D eigenvalue weighted by Gasteiger charge is 2.46. The molecule has 2 atom stereocenters. The molecule has 2 bridgehead atoms. The third kappa shape index (κ3) is 3.87. The van der Waals surface area contributed by atoms with Crippen molar-refractivity contribution >= 4 is 40.5 Å². The Morgan fingerprint density at radius 2 is 1.56 bits per heavy atom. The molecule has 1 amide bonds. The highest BCUT2D eigenvalue weighted by molar-refractivity contribution is 6.37. The van der Waals surface area contributed by atoms with E-state index in [0.717, 1.165) is 11.1 Å². The number of non-ortho nitro benzene ring substituents is 1. The average molecular weight is 563 g/mol. The molecule has 0 saturated heterocycles. The van der Waals surface area contributed by atoms with Crippen molar-refractivity contribution in [2.75, 3.05) is 19.1 Å². The average Bonchev–Trinajstić information content (AvgIpc) is 2.93. The van der Waals surface area contributed by atoms with E-state index in [4.69, 9.17) is 37.4 Å². The highest BCUT2D eigenvalue weighted by atomic mass is 35.5. The molecule has 0 spiro atoms. The lowest BCUT2D eigenvalue weighted by Gasteiger charge is -2.44. The number of carbonyl (C=O) groups is 1. The van der Waals surface area contributed by atoms with Gasteiger partial charge in [0.15, 0.2) is 6.10 Å². The minimum atomic E-state index is -0.707. The van der Waals surface area contributed by atoms with Gasteiger partial charge in [0.25, 0.3) is 11.6 Å². The fraction of sp³-hybridized carbons (Fsp3) is 0.138. The fourth-order valence-corrected chi connectivity index (χ4v) is 5.98. The van der Waals surface area contributed by atoms with Gasteiger partial charge in [0.2, 0.25) is 0 Å². The second kappa shape index (κ2) is 9.48. The summed E-state index contributed by atoms with van der Waals surface area (Å²) in [7, 11) is 3.13. The van der Waals surface area contributed by atoms with Gasteiger partial charge in [0.1, 0.15) is 22.9 Å². The molecular formula is C29H20Cl2N2O6. The van der Waals surface area contributed by atoms with Crippen LogP contribution in [0.5, 0.6) is 17.2 Å². The van der Waals surface area contributed by atoms with E-state index in [-0.39, 0.29) is 16.3 Å². The van der Waals surface area contributed by atoms with Crippen LogP contribution in [-0.2, 0) is 0 Å². The molecule has 2 aliphatic rings. The van der Waals surface area contributed by atoms with Crippen LogP contribution in [0.1, 0.15) is 44.8 Å². The molecule has 0 N–H and O–H groups in total. The number of hydrogen-bond acceptors (Lipinski definition) is 6. The van der Waals surface area contributed by atoms with Crippen molar-refractivity contribution in [2.45, 2.75) is 12.1 Å². The zero-order chi connectivity index (χ0) is 27.4. The number of ether oxygens (including phenoxy) is 3. The Labute approximate surface area is 233 Å². The Bertz CT molecular complexity index is 1660. The van der Waals surface area contributed by atoms with Crippen LogP contribution in [0.3, 0.4) is 0 Å². The number of benzene rings is 4. The summed E-state index contributed by atoms with van der Waals surface area (Å²) in [6, 6.07) is 19.1. The summed E-state index contributed by atoms with van der Waals surface area (Å²) in [5.74, 6) is 0.960. The van der Waals surface area contributed by atoms with Crippen molar-refractivity contribution in [3.05, 3.63) is 121 Å². The van der Waals surface area contributed by atoms with Gasteiger partial charge in [-0.15, -0.1) is 0 Å². The molecule has 0 radical (unpaired) electrons. The first kappa shape index (κ1) is 25.0. The second-order valence-corrected chi connectivity index (χ2v) is 9.88. The van der Waals surface area contributed by atoms with Gasteiger partial charge in [-0.3, -0.25) is 19.8 Å². The highest BCUT2D eigenvalue weighted by Crippen LogP contribution is 2.57. The molecule has 39 heavy (non-hydrogen) atoms. The van der Waals surface area contributed by atoms with E-state index in [1.807, 2.05) is 24.3 Å². The molecule has 4 aromatic rings. The van der Waals surface area contributed by atoms with Crippen LogP contribution in [0, 0.1) is 10.1 Å². The smallest absolute Gasteiger partial charge is 0.269 e. The predicted octanol–water partition coefficient (Wildman–Crippen LogP) is 7.15. The summed E-state index contributed by atoms with van der Waals surface area (Å²) in [4.78, 5) is 26.7. The van der Waals surface area contributed by atoms with Crippen molar-refractivity contribution < 1.29 is 23.9 Å². The van der Waals surface area contributed by atoms with E-state index < -0.39 is 23.0 Å². The van der Waals surface area contributed by atoms with E-state index in [9.17, 15) is 14.9 Å². The van der Waals surface area contributed by atoms with E-state index in [1.54, 1.807) is 43.4 Å². The molecule has 2 unspecified atom stereocenters. The number of halogens is 2. The molecule has 0 saturated carbocycles. The fourth-order valence-electron chi connectivity index (χ4n) is 5.41. The summed E-state index contributed by atoms with van der Waals surface area (Å²) >= 11 is 13.2. The van der Waals surface area contributed by atoms with Gasteiger partial charge in [0, 0.05) is 45.5 Å². The molecule has 1 heterocycles. The quantitative estimate of drug-likeness (QED) is 0.194. The second-order valence-electron chi connectivity index (χ2n) is 9.04. The van der Waals surface area contributed by atoms with E-state index in [1.165, 1.54) is 24.3 Å². The Hall–Kier alpha value is -4.27. The Balaban J connectivity index is 1.70. The first-order chi connectivity index (χ1) is 18.8. The summed E-state index contributed by atoms with van der Waals surface area (Å²) in [5.41, 5.74) is 3.47. The molecule has 10 heteroatoms. The minimum absolute atomic E-state index is 0.129. The van der Waals surface area contributed by atoms with Crippen molar-refractivity contribution in [3.63, 3.8) is 0 Å². The lowest BCUT2D eigenvalue weighted by Crippen LogP contribution is -2.41. The van der Waals surface area contributed by atoms with Gasteiger partial charge in [-0.25, -0.2) is 0 Å². The van der Waals surface area contributed by atoms with Gasteiger partial charge >= 0.3 is 0 Å². The van der Waals surface area contributed by atoms with Gasteiger partial charge in [-0.05, 0) is 35.9 Å². The van der Waals surface area contributed by atoms with Crippen LogP contribution >= 0.6 is 23.2 Å². The lowest BCUT2D eigenvalue weighted by atomic mass is 9.77. The summed E-state index contributed by atoms with van der Waals surface area (Å²) < 4.78 is 18.2. The van der Waals surface area contributed by atoms with E-state index in [0.29, 0.717) is 39.1 Å². The van der Waals surface area contributed by atoms with Crippen LogP contribution in [0.4, 0.5) is 11.4 Å². The van der Waals surface area contributed by atoms with Crippen molar-refractivity contribution in [3.8, 4) is 17.2 Å². The molecule has 1 aliphatic carbocycles. The van der Waals surface area contributed by atoms with Gasteiger partial charge in [0.05, 0.1) is 30.2 Å². The molecular weight excluding hydrogens is 543 g/mol. The summed E-state index contributed by atoms with van der Waals surface area (Å²) in [6.07, 6.45) is -0.609. The lowest BCUT2D eigenvalue weighted by molar-refractivity contribution is -0.384. The normalized spacial score (nSPS) is 16.7. The number of hydrogen-bond donors (Lipinski definition) is 0. The molecule has 6 rings (SSSR count). The maximum absolute atomic E-state index is 14.4. The van der Waals surface area contributed by atoms with Crippen LogP contribution in [0.15, 0.2) is 72.8 Å². The van der Waals surface area contributed by atoms with Crippen LogP contribution < -0.4 is 19.1 Å². The Kier molecular flexibility index (Phi) is 6.09. The largest absolute Gasteiger partial charge is 0.496 e. The van der Waals surface area contributed by atoms with Crippen LogP contribution in [-0.4, -0.2) is 25.1 Å². The number of nitro groups is 1. The number of fused-ring (bicyclic) bond motifs is 4. The zero-order valence-electron chi connectivity index (χ0n) is 20.7. The number of nitrogens with zero attached hydrogens (tertiary/aromatic N) is 2. The van der Waals surface area contributed by atoms with Crippen molar-refractivity contribution in [1.82, 2.24) is 0 Å². The van der Waals surface area contributed by atoms with Crippen molar-refractivity contribution in [2.24, 2.45) is 0 Å². The monoisotopic (exact) mass is 562 g/mol. The molecule has 8 nitrogen and oxygen atoms in total. The van der Waals surface area contributed by atoms with Crippen LogP contribution in [0.25, 0.3) is 0 Å². The Morgan fingerprint density at radius 3 is 2.21 bits per heavy atom. The molecule has 0 fully saturated rings. The maximum atomic E-state index is 14.4. The maximum Gasteiger partial charge on any atom is 0.269 e. The van der Waals surface area contributed by atoms with Crippen molar-refractivity contribution in [1.29, 1.82) is 0 Å². The SMILES string of the molecule is COc1ccc(OC)c2c1C1Oc3cc(Cl)cc(Cl)c3N(C(=O)c3ccc([N+](=O)[O-])cc3)C2c2ccccc21. The van der Waals surface area contributed by atoms with Gasteiger partial charge in [-0.2, -0.15) is 0 Å². The molecule has 4 aromatic carbocycles. The molecule has 0 aromatic heterocycles. The third-order valence-corrected chi connectivity index (χ3v) is 7.54. The predicted molar refractivity (Wildman–Crippen MR) is 147 cm³/mol. The summed E-state index contributed by atoms with van der Waals surface area (Å²) in [5, 5.41) is 11.8. The topological polar surface area (TPSA) is 91.1 Å². The number of rotatable bonds is 4. The summed E-state index contributed by atoms with van der Waals surface area (Å²) in [6.45, 7) is 0. The standard InChI is InChI=1S/C29H20Cl2N2O6/c1-37-21-11-12-22(38-2)25-24(21)26-18-5-3-4-6-19(18)28(25)39-23-14-16(30)13-20(31)27(23)32(26)29(34)15-7-9-17(10-8-15)33(35)36/h3-14,26,28H,1-2H3. The number of nitro benzene ring substituents is 1. The number of anilines is 1. The van der Waals surface area contributed by atoms with E-state index in [2.05, 4.69) is 0 Å². The first-order valence-electron chi connectivity index (χ1n) is 11.9. The number of amides is 1. The third-order valence-electron chi connectivity index (χ3n) is 7.04. The first-order valence-corrected chi connectivity index (χ1v) is 12.7. The Morgan fingerprint density at radius 1 is 0.923 bits per heavy atom.